The van der Waals surface area contributed by atoms with Gasteiger partial charge in [-0.15, -0.1) is 0 Å². The Hall–Kier alpha value is -1.43. The van der Waals surface area contributed by atoms with Gasteiger partial charge in [-0.2, -0.15) is 13.2 Å². The summed E-state index contributed by atoms with van der Waals surface area (Å²) in [4.78, 5) is 2.12. The van der Waals surface area contributed by atoms with Crippen molar-refractivity contribution in [3.63, 3.8) is 0 Å². The Morgan fingerprint density at radius 1 is 1.22 bits per heavy atom. The number of anilines is 1. The van der Waals surface area contributed by atoms with E-state index in [9.17, 15) is 13.2 Å². The number of benzene rings is 1. The van der Waals surface area contributed by atoms with E-state index in [1.807, 2.05) is 6.07 Å². The number of nitrogens with zero attached hydrogens (tertiary/aromatic N) is 1. The predicted molar refractivity (Wildman–Crippen MR) is 63.1 cm³/mol. The lowest BCUT2D eigenvalue weighted by molar-refractivity contribution is -0.153. The summed E-state index contributed by atoms with van der Waals surface area (Å²) in [6.45, 7) is 2.21. The van der Waals surface area contributed by atoms with Crippen molar-refractivity contribution in [2.24, 2.45) is 0 Å². The van der Waals surface area contributed by atoms with Crippen molar-refractivity contribution >= 4 is 5.69 Å². The molecule has 1 heterocycles. The highest BCUT2D eigenvalue weighted by Gasteiger charge is 2.28. The van der Waals surface area contributed by atoms with Crippen LogP contribution in [0, 0.1) is 0 Å². The Labute approximate surface area is 104 Å². The molecule has 0 aromatic heterocycles. The van der Waals surface area contributed by atoms with Crippen LogP contribution < -0.4 is 15.0 Å². The van der Waals surface area contributed by atoms with Gasteiger partial charge in [0.2, 0.25) is 0 Å². The summed E-state index contributed by atoms with van der Waals surface area (Å²) in [7, 11) is 0. The number of alkyl halides is 3. The van der Waals surface area contributed by atoms with Crippen molar-refractivity contribution in [2.75, 3.05) is 37.7 Å². The lowest BCUT2D eigenvalue weighted by Gasteiger charge is -2.29. The van der Waals surface area contributed by atoms with Crippen molar-refractivity contribution in [1.29, 1.82) is 0 Å². The Kier molecular flexibility index (Phi) is 3.96. The molecule has 0 bridgehead atoms. The van der Waals surface area contributed by atoms with Crippen LogP contribution in [0.15, 0.2) is 24.3 Å². The Morgan fingerprint density at radius 3 is 2.61 bits per heavy atom. The van der Waals surface area contributed by atoms with Crippen LogP contribution in [0.1, 0.15) is 0 Å². The van der Waals surface area contributed by atoms with Gasteiger partial charge in [-0.1, -0.05) is 6.07 Å². The standard InChI is InChI=1S/C12H15F3N2O/c13-12(14,15)9-18-11-3-1-2-10(8-11)17-6-4-16-5-7-17/h1-3,8,16H,4-7,9H2. The Morgan fingerprint density at radius 2 is 1.94 bits per heavy atom. The van der Waals surface area contributed by atoms with E-state index in [2.05, 4.69) is 10.2 Å². The number of rotatable bonds is 3. The number of ether oxygens (including phenoxy) is 1. The van der Waals surface area contributed by atoms with Crippen molar-refractivity contribution < 1.29 is 17.9 Å². The molecular weight excluding hydrogens is 245 g/mol. The van der Waals surface area contributed by atoms with Crippen molar-refractivity contribution in [2.45, 2.75) is 6.18 Å². The normalized spacial score (nSPS) is 16.7. The fourth-order valence-corrected chi connectivity index (χ4v) is 1.86. The smallest absolute Gasteiger partial charge is 0.422 e. The van der Waals surface area contributed by atoms with E-state index < -0.39 is 12.8 Å². The number of hydrogen-bond donors (Lipinski definition) is 1. The molecule has 18 heavy (non-hydrogen) atoms. The molecule has 1 aromatic carbocycles. The SMILES string of the molecule is FC(F)(F)COc1cccc(N2CCNCC2)c1. The van der Waals surface area contributed by atoms with Gasteiger partial charge in [0.25, 0.3) is 0 Å². The molecule has 1 aliphatic heterocycles. The van der Waals surface area contributed by atoms with E-state index in [1.165, 1.54) is 6.07 Å². The molecule has 1 aromatic rings. The van der Waals surface area contributed by atoms with Gasteiger partial charge in [-0.25, -0.2) is 0 Å². The maximum absolute atomic E-state index is 12.1. The summed E-state index contributed by atoms with van der Waals surface area (Å²) >= 11 is 0. The van der Waals surface area contributed by atoms with Crippen LogP contribution in [0.4, 0.5) is 18.9 Å². The highest BCUT2D eigenvalue weighted by Crippen LogP contribution is 2.23. The molecule has 0 atom stereocenters. The van der Waals surface area contributed by atoms with Gasteiger partial charge in [-0.3, -0.25) is 0 Å². The zero-order valence-corrected chi connectivity index (χ0v) is 9.83. The van der Waals surface area contributed by atoms with E-state index in [-0.39, 0.29) is 5.75 Å². The Balaban J connectivity index is 2.00. The summed E-state index contributed by atoms with van der Waals surface area (Å²) in [6, 6.07) is 6.78. The fraction of sp³-hybridized carbons (Fsp3) is 0.500. The number of hydrogen-bond acceptors (Lipinski definition) is 3. The number of nitrogens with one attached hydrogen (secondary N) is 1. The van der Waals surface area contributed by atoms with Gasteiger partial charge in [0.15, 0.2) is 6.61 Å². The lowest BCUT2D eigenvalue weighted by Crippen LogP contribution is -2.43. The van der Waals surface area contributed by atoms with Crippen LogP contribution in [0.25, 0.3) is 0 Å². The van der Waals surface area contributed by atoms with E-state index in [1.54, 1.807) is 12.1 Å². The van der Waals surface area contributed by atoms with E-state index in [0.29, 0.717) is 0 Å². The molecule has 0 unspecified atom stereocenters. The molecule has 0 spiro atoms. The summed E-state index contributed by atoms with van der Waals surface area (Å²) < 4.78 is 40.9. The summed E-state index contributed by atoms with van der Waals surface area (Å²) in [6.07, 6.45) is -4.30. The summed E-state index contributed by atoms with van der Waals surface area (Å²) in [5.74, 6) is 0.253. The summed E-state index contributed by atoms with van der Waals surface area (Å²) in [5, 5.41) is 3.22. The third-order valence-electron chi connectivity index (χ3n) is 2.70. The molecule has 0 saturated carbocycles. The summed E-state index contributed by atoms with van der Waals surface area (Å²) in [5.41, 5.74) is 0.899. The third kappa shape index (κ3) is 3.80. The monoisotopic (exact) mass is 260 g/mol. The first-order valence-corrected chi connectivity index (χ1v) is 5.80. The van der Waals surface area contributed by atoms with Gasteiger partial charge < -0.3 is 15.0 Å². The maximum atomic E-state index is 12.1. The second-order valence-corrected chi connectivity index (χ2v) is 4.14. The van der Waals surface area contributed by atoms with Crippen molar-refractivity contribution in [3.05, 3.63) is 24.3 Å². The van der Waals surface area contributed by atoms with E-state index in [4.69, 9.17) is 4.74 Å². The lowest BCUT2D eigenvalue weighted by atomic mass is 10.2. The number of halogens is 3. The zero-order chi connectivity index (χ0) is 13.0. The van der Waals surface area contributed by atoms with Crippen molar-refractivity contribution in [3.8, 4) is 5.75 Å². The topological polar surface area (TPSA) is 24.5 Å². The molecular formula is C12H15F3N2O. The largest absolute Gasteiger partial charge is 0.484 e. The first-order chi connectivity index (χ1) is 8.54. The number of piperazine rings is 1. The van der Waals surface area contributed by atoms with Crippen LogP contribution in [0.2, 0.25) is 0 Å². The Bertz CT molecular complexity index is 389. The average molecular weight is 260 g/mol. The highest BCUT2D eigenvalue weighted by atomic mass is 19.4. The van der Waals surface area contributed by atoms with Crippen molar-refractivity contribution in [1.82, 2.24) is 5.32 Å². The first kappa shape index (κ1) is 13.0. The van der Waals surface area contributed by atoms with E-state index >= 15 is 0 Å². The van der Waals surface area contributed by atoms with E-state index in [0.717, 1.165) is 31.9 Å². The molecule has 1 aliphatic rings. The maximum Gasteiger partial charge on any atom is 0.422 e. The minimum Gasteiger partial charge on any atom is -0.484 e. The molecule has 0 aliphatic carbocycles. The third-order valence-corrected chi connectivity index (χ3v) is 2.70. The van der Waals surface area contributed by atoms with Gasteiger partial charge in [0.05, 0.1) is 0 Å². The molecule has 0 radical (unpaired) electrons. The predicted octanol–water partition coefficient (Wildman–Crippen LogP) is 2.04. The van der Waals surface area contributed by atoms with Gasteiger partial charge in [-0.05, 0) is 12.1 Å². The van der Waals surface area contributed by atoms with Crippen LogP contribution in [-0.2, 0) is 0 Å². The zero-order valence-electron chi connectivity index (χ0n) is 9.83. The molecule has 100 valence electrons. The molecule has 0 amide bonds. The molecule has 3 nitrogen and oxygen atoms in total. The molecule has 1 saturated heterocycles. The minimum atomic E-state index is -4.30. The first-order valence-electron chi connectivity index (χ1n) is 5.80. The minimum absolute atomic E-state index is 0.253. The van der Waals surface area contributed by atoms with Crippen LogP contribution in [0.5, 0.6) is 5.75 Å². The molecule has 1 N–H and O–H groups in total. The van der Waals surface area contributed by atoms with Crippen LogP contribution in [0.3, 0.4) is 0 Å². The second kappa shape index (κ2) is 5.48. The van der Waals surface area contributed by atoms with Crippen LogP contribution in [-0.4, -0.2) is 39.0 Å². The average Bonchev–Trinajstić information content (AvgIpc) is 2.37. The van der Waals surface area contributed by atoms with Gasteiger partial charge in [0, 0.05) is 37.9 Å². The second-order valence-electron chi connectivity index (χ2n) is 4.14. The highest BCUT2D eigenvalue weighted by molar-refractivity contribution is 5.51. The molecule has 1 fully saturated rings. The van der Waals surface area contributed by atoms with Crippen LogP contribution >= 0.6 is 0 Å². The molecule has 6 heteroatoms. The van der Waals surface area contributed by atoms with Gasteiger partial charge >= 0.3 is 6.18 Å². The quantitative estimate of drug-likeness (QED) is 0.900. The molecule has 2 rings (SSSR count). The fourth-order valence-electron chi connectivity index (χ4n) is 1.86. The van der Waals surface area contributed by atoms with Gasteiger partial charge in [0.1, 0.15) is 5.75 Å².